The van der Waals surface area contributed by atoms with Crippen molar-refractivity contribution in [3.05, 3.63) is 35.6 Å². The first-order chi connectivity index (χ1) is 11.0. The van der Waals surface area contributed by atoms with Crippen molar-refractivity contribution in [2.45, 2.75) is 31.8 Å². The summed E-state index contributed by atoms with van der Waals surface area (Å²) in [6.45, 7) is 4.84. The summed E-state index contributed by atoms with van der Waals surface area (Å²) in [5.74, 6) is -1.10. The van der Waals surface area contributed by atoms with E-state index in [1.807, 2.05) is 6.07 Å². The van der Waals surface area contributed by atoms with Gasteiger partial charge in [0.2, 0.25) is 0 Å². The molecule has 3 rings (SSSR count). The van der Waals surface area contributed by atoms with E-state index in [-0.39, 0.29) is 11.9 Å². The lowest BCUT2D eigenvalue weighted by Gasteiger charge is -2.45. The predicted molar refractivity (Wildman–Crippen MR) is 84.3 cm³/mol. The molecule has 2 saturated heterocycles. The van der Waals surface area contributed by atoms with Gasteiger partial charge in [-0.25, -0.2) is 4.39 Å². The zero-order valence-electron chi connectivity index (χ0n) is 13.3. The molecule has 0 spiro atoms. The van der Waals surface area contributed by atoms with Crippen LogP contribution in [-0.2, 0) is 16.0 Å². The Balaban J connectivity index is 1.54. The molecule has 2 aliphatic heterocycles. The highest BCUT2D eigenvalue weighted by molar-refractivity contribution is 6.35. The molecule has 2 heterocycles. The third kappa shape index (κ3) is 3.52. The summed E-state index contributed by atoms with van der Waals surface area (Å²) in [6.07, 6.45) is 1.77. The van der Waals surface area contributed by atoms with Crippen molar-refractivity contribution in [2.24, 2.45) is 0 Å². The molecule has 23 heavy (non-hydrogen) atoms. The van der Waals surface area contributed by atoms with E-state index in [9.17, 15) is 14.0 Å². The van der Waals surface area contributed by atoms with Gasteiger partial charge in [-0.05, 0) is 37.5 Å². The van der Waals surface area contributed by atoms with E-state index in [0.29, 0.717) is 19.1 Å². The van der Waals surface area contributed by atoms with Crippen LogP contribution in [0.1, 0.15) is 18.9 Å². The van der Waals surface area contributed by atoms with Gasteiger partial charge in [0, 0.05) is 32.2 Å². The molecule has 6 heteroatoms. The minimum Gasteiger partial charge on any atom is -0.346 e. The van der Waals surface area contributed by atoms with Gasteiger partial charge >= 0.3 is 11.8 Å². The van der Waals surface area contributed by atoms with Crippen LogP contribution in [0.5, 0.6) is 0 Å². The van der Waals surface area contributed by atoms with Gasteiger partial charge in [-0.2, -0.15) is 0 Å². The van der Waals surface area contributed by atoms with E-state index in [4.69, 9.17) is 0 Å². The second-order valence-electron chi connectivity index (χ2n) is 6.37. The quantitative estimate of drug-likeness (QED) is 0.835. The maximum absolute atomic E-state index is 13.2. The number of hydrogen-bond donors (Lipinski definition) is 1. The lowest BCUT2D eigenvalue weighted by molar-refractivity contribution is -0.153. The van der Waals surface area contributed by atoms with Gasteiger partial charge in [0.05, 0.1) is 6.04 Å². The number of fused-ring (bicyclic) bond motifs is 1. The van der Waals surface area contributed by atoms with Crippen LogP contribution < -0.4 is 5.32 Å². The minimum absolute atomic E-state index is 0.0607. The van der Waals surface area contributed by atoms with Crippen LogP contribution in [0, 0.1) is 5.82 Å². The lowest BCUT2D eigenvalue weighted by Crippen LogP contribution is -2.66. The van der Waals surface area contributed by atoms with Crippen LogP contribution in [0.4, 0.5) is 4.39 Å². The molecule has 0 radical (unpaired) electrons. The SMILES string of the molecule is C[C@H](CCc1cccc(F)c1)N1CCN2C(=O)C(=O)NC[C@H]2C1. The molecular weight excluding hydrogens is 297 g/mol. The Kier molecular flexibility index (Phi) is 4.61. The highest BCUT2D eigenvalue weighted by Crippen LogP contribution is 2.18. The van der Waals surface area contributed by atoms with Crippen LogP contribution in [0.2, 0.25) is 0 Å². The molecule has 0 saturated carbocycles. The number of carbonyl (C=O) groups is 2. The average molecular weight is 319 g/mol. The number of halogens is 1. The standard InChI is InChI=1S/C17H22FN3O2/c1-12(5-6-13-3-2-4-14(18)9-13)20-7-8-21-15(11-20)10-19-16(22)17(21)23/h2-4,9,12,15H,5-8,10-11H2,1H3,(H,19,22)/t12-,15+/m1/s1. The molecule has 124 valence electrons. The van der Waals surface area contributed by atoms with Gasteiger partial charge in [0.25, 0.3) is 0 Å². The summed E-state index contributed by atoms with van der Waals surface area (Å²) in [7, 11) is 0. The number of piperazine rings is 2. The smallest absolute Gasteiger partial charge is 0.312 e. The molecule has 5 nitrogen and oxygen atoms in total. The molecule has 0 aliphatic carbocycles. The third-order valence-electron chi connectivity index (χ3n) is 4.83. The lowest BCUT2D eigenvalue weighted by atomic mass is 10.0. The predicted octanol–water partition coefficient (Wildman–Crippen LogP) is 0.789. The molecule has 0 aromatic heterocycles. The fourth-order valence-electron chi connectivity index (χ4n) is 3.39. The number of benzene rings is 1. The largest absolute Gasteiger partial charge is 0.346 e. The second-order valence-corrected chi connectivity index (χ2v) is 6.37. The molecule has 0 unspecified atom stereocenters. The second kappa shape index (κ2) is 6.66. The number of amides is 2. The number of carbonyl (C=O) groups excluding carboxylic acids is 2. The number of aryl methyl sites for hydroxylation is 1. The molecule has 1 aromatic carbocycles. The van der Waals surface area contributed by atoms with Crippen molar-refractivity contribution in [3.8, 4) is 0 Å². The van der Waals surface area contributed by atoms with Gasteiger partial charge in [0.1, 0.15) is 5.82 Å². The Morgan fingerprint density at radius 2 is 2.17 bits per heavy atom. The van der Waals surface area contributed by atoms with Crippen molar-refractivity contribution < 1.29 is 14.0 Å². The summed E-state index contributed by atoms with van der Waals surface area (Å²) in [6, 6.07) is 7.15. The maximum Gasteiger partial charge on any atom is 0.312 e. The van der Waals surface area contributed by atoms with Crippen molar-refractivity contribution in [1.82, 2.24) is 15.1 Å². The van der Waals surface area contributed by atoms with Crippen LogP contribution in [0.3, 0.4) is 0 Å². The topological polar surface area (TPSA) is 52.7 Å². The first-order valence-electron chi connectivity index (χ1n) is 8.12. The minimum atomic E-state index is -0.492. The normalized spacial score (nSPS) is 23.4. The third-order valence-corrected chi connectivity index (χ3v) is 4.83. The van der Waals surface area contributed by atoms with Gasteiger partial charge in [-0.1, -0.05) is 12.1 Å². The fraction of sp³-hybridized carbons (Fsp3) is 0.529. The Bertz CT molecular complexity index is 607. The molecule has 0 bridgehead atoms. The molecule has 1 N–H and O–H groups in total. The van der Waals surface area contributed by atoms with Gasteiger partial charge in [-0.15, -0.1) is 0 Å². The first kappa shape index (κ1) is 15.9. The van der Waals surface area contributed by atoms with E-state index in [0.717, 1.165) is 31.5 Å². The van der Waals surface area contributed by atoms with Crippen molar-refractivity contribution in [1.29, 1.82) is 0 Å². The molecule has 2 amide bonds. The number of nitrogens with zero attached hydrogens (tertiary/aromatic N) is 2. The van der Waals surface area contributed by atoms with Crippen molar-refractivity contribution in [3.63, 3.8) is 0 Å². The van der Waals surface area contributed by atoms with Crippen LogP contribution in [0.25, 0.3) is 0 Å². The Labute approximate surface area is 135 Å². The van der Waals surface area contributed by atoms with E-state index >= 15 is 0 Å². The maximum atomic E-state index is 13.2. The van der Waals surface area contributed by atoms with Crippen LogP contribution in [-0.4, -0.2) is 59.9 Å². The molecular formula is C17H22FN3O2. The molecule has 2 aliphatic rings. The monoisotopic (exact) mass is 319 g/mol. The van der Waals surface area contributed by atoms with Crippen LogP contribution in [0.15, 0.2) is 24.3 Å². The van der Waals surface area contributed by atoms with E-state index in [1.54, 1.807) is 17.0 Å². The van der Waals surface area contributed by atoms with Crippen LogP contribution >= 0.6 is 0 Å². The van der Waals surface area contributed by atoms with E-state index in [1.165, 1.54) is 6.07 Å². The van der Waals surface area contributed by atoms with Crippen molar-refractivity contribution in [2.75, 3.05) is 26.2 Å². The first-order valence-corrected chi connectivity index (χ1v) is 8.12. The zero-order valence-corrected chi connectivity index (χ0v) is 13.3. The number of rotatable bonds is 4. The number of nitrogens with one attached hydrogen (secondary N) is 1. The molecule has 2 atom stereocenters. The van der Waals surface area contributed by atoms with E-state index in [2.05, 4.69) is 17.1 Å². The molecule has 2 fully saturated rings. The summed E-state index contributed by atoms with van der Waals surface area (Å²) < 4.78 is 13.2. The van der Waals surface area contributed by atoms with Gasteiger partial charge < -0.3 is 10.2 Å². The van der Waals surface area contributed by atoms with Crippen molar-refractivity contribution >= 4 is 11.8 Å². The van der Waals surface area contributed by atoms with E-state index < -0.39 is 11.8 Å². The summed E-state index contributed by atoms with van der Waals surface area (Å²) in [5.41, 5.74) is 1.01. The number of hydrogen-bond acceptors (Lipinski definition) is 3. The zero-order chi connectivity index (χ0) is 16.4. The van der Waals surface area contributed by atoms with Gasteiger partial charge in [0.15, 0.2) is 0 Å². The summed E-state index contributed by atoms with van der Waals surface area (Å²) >= 11 is 0. The highest BCUT2D eigenvalue weighted by Gasteiger charge is 2.38. The Hall–Kier alpha value is -1.95. The molecule has 1 aromatic rings. The Morgan fingerprint density at radius 3 is 2.96 bits per heavy atom. The summed E-state index contributed by atoms with van der Waals surface area (Å²) in [5, 5.41) is 2.66. The highest BCUT2D eigenvalue weighted by atomic mass is 19.1. The van der Waals surface area contributed by atoms with Gasteiger partial charge in [-0.3, -0.25) is 14.5 Å². The average Bonchev–Trinajstić information content (AvgIpc) is 2.56. The fourth-order valence-corrected chi connectivity index (χ4v) is 3.39. The summed E-state index contributed by atoms with van der Waals surface area (Å²) in [4.78, 5) is 27.3. The Morgan fingerprint density at radius 1 is 1.35 bits per heavy atom.